The summed E-state index contributed by atoms with van der Waals surface area (Å²) in [5.74, 6) is -2.21. The van der Waals surface area contributed by atoms with Crippen molar-refractivity contribution in [1.29, 1.82) is 0 Å². The first-order chi connectivity index (χ1) is 19.5. The van der Waals surface area contributed by atoms with E-state index in [-0.39, 0.29) is 5.56 Å². The number of rotatable bonds is 7. The number of aliphatic carboxylic acids is 1. The summed E-state index contributed by atoms with van der Waals surface area (Å²) in [5.41, 5.74) is 7.00. The van der Waals surface area contributed by atoms with E-state index in [9.17, 15) is 23.1 Å². The van der Waals surface area contributed by atoms with Gasteiger partial charge in [-0.05, 0) is 72.2 Å². The van der Waals surface area contributed by atoms with Crippen molar-refractivity contribution in [1.82, 2.24) is 15.3 Å². The van der Waals surface area contributed by atoms with Gasteiger partial charge in [0.05, 0.1) is 11.1 Å². The Balaban J connectivity index is 0.000000493. The van der Waals surface area contributed by atoms with Crippen LogP contribution >= 0.6 is 0 Å². The number of carboxylic acids is 2. The second-order valence-corrected chi connectivity index (χ2v) is 10.2. The van der Waals surface area contributed by atoms with Crippen LogP contribution in [0.1, 0.15) is 53.8 Å². The topological polar surface area (TPSA) is 115 Å². The number of aryl methyl sites for hydroxylation is 1. The van der Waals surface area contributed by atoms with Crippen molar-refractivity contribution in [2.75, 3.05) is 6.54 Å². The normalized spacial score (nSPS) is 14.0. The predicted octanol–water partition coefficient (Wildman–Crippen LogP) is 7.21. The molecule has 41 heavy (non-hydrogen) atoms. The quantitative estimate of drug-likeness (QED) is 0.188. The molecule has 0 radical (unpaired) electrons. The average Bonchev–Trinajstić information content (AvgIpc) is 3.33. The van der Waals surface area contributed by atoms with Gasteiger partial charge in [-0.25, -0.2) is 14.6 Å². The highest BCUT2D eigenvalue weighted by Crippen LogP contribution is 2.30. The lowest BCUT2D eigenvalue weighted by molar-refractivity contribution is -0.192. The molecule has 0 bridgehead atoms. The lowest BCUT2D eigenvalue weighted by Gasteiger charge is -2.22. The molecule has 4 N–H and O–H groups in total. The Bertz CT molecular complexity index is 1510. The molecule has 4 aromatic rings. The van der Waals surface area contributed by atoms with E-state index in [1.807, 2.05) is 13.0 Å². The lowest BCUT2D eigenvalue weighted by Crippen LogP contribution is -2.24. The van der Waals surface area contributed by atoms with E-state index in [2.05, 4.69) is 63.8 Å². The van der Waals surface area contributed by atoms with Crippen LogP contribution in [0.3, 0.4) is 0 Å². The number of carbonyl (C=O) groups is 2. The molecular formula is C31H32F3N3O4. The SMILES string of the molecule is Cc1nc2c(C(=O)O)cc(-c3ccc(-c4ccccc4CNCC4CCCCC4)cc3)cc2[nH]1.O=C(O)C(F)(F)F. The Morgan fingerprint density at radius 2 is 1.59 bits per heavy atom. The number of nitrogens with one attached hydrogen (secondary N) is 2. The van der Waals surface area contributed by atoms with Gasteiger partial charge in [0.15, 0.2) is 0 Å². The molecule has 0 spiro atoms. The summed E-state index contributed by atoms with van der Waals surface area (Å²) < 4.78 is 31.7. The minimum Gasteiger partial charge on any atom is -0.478 e. The van der Waals surface area contributed by atoms with E-state index >= 15 is 0 Å². The third-order valence-electron chi connectivity index (χ3n) is 7.20. The Kier molecular flexibility index (Phi) is 9.44. The zero-order valence-corrected chi connectivity index (χ0v) is 22.6. The summed E-state index contributed by atoms with van der Waals surface area (Å²) in [7, 11) is 0. The summed E-state index contributed by atoms with van der Waals surface area (Å²) in [6.45, 7) is 3.79. The Morgan fingerprint density at radius 1 is 0.951 bits per heavy atom. The van der Waals surface area contributed by atoms with Crippen LogP contribution in [-0.2, 0) is 11.3 Å². The fourth-order valence-corrected chi connectivity index (χ4v) is 5.17. The van der Waals surface area contributed by atoms with Crippen molar-refractivity contribution in [3.63, 3.8) is 0 Å². The fraction of sp³-hybridized carbons (Fsp3) is 0.323. The number of aromatic amines is 1. The van der Waals surface area contributed by atoms with E-state index in [1.165, 1.54) is 43.2 Å². The zero-order valence-electron chi connectivity index (χ0n) is 22.6. The van der Waals surface area contributed by atoms with Crippen LogP contribution in [0.15, 0.2) is 60.7 Å². The van der Waals surface area contributed by atoms with Gasteiger partial charge in [-0.15, -0.1) is 0 Å². The van der Waals surface area contributed by atoms with E-state index < -0.39 is 18.1 Å². The number of halogens is 3. The standard InChI is InChI=1S/C29H31N3O2.C2HF3O2/c1-19-31-27-16-24(15-26(29(33)34)28(27)32-19)21-11-13-22(14-12-21)25-10-6-5-9-23(25)18-30-17-20-7-3-2-4-8-20;3-2(4,5)1(6)7/h5-6,9-16,20,30H,2-4,7-8,17-18H2,1H3,(H,31,32)(H,33,34);(H,6,7). The molecular weight excluding hydrogens is 535 g/mol. The molecule has 5 rings (SSSR count). The molecule has 7 nitrogen and oxygen atoms in total. The van der Waals surface area contributed by atoms with Crippen LogP contribution in [0.2, 0.25) is 0 Å². The number of alkyl halides is 3. The largest absolute Gasteiger partial charge is 0.490 e. The van der Waals surface area contributed by atoms with Crippen LogP contribution in [0.25, 0.3) is 33.3 Å². The molecule has 216 valence electrons. The summed E-state index contributed by atoms with van der Waals surface area (Å²) in [4.78, 5) is 28.2. The molecule has 0 atom stereocenters. The van der Waals surface area contributed by atoms with Crippen molar-refractivity contribution in [3.05, 3.63) is 77.6 Å². The fourth-order valence-electron chi connectivity index (χ4n) is 5.17. The maximum Gasteiger partial charge on any atom is 0.490 e. The number of hydrogen-bond acceptors (Lipinski definition) is 4. The monoisotopic (exact) mass is 567 g/mol. The number of aromatic carboxylic acids is 1. The highest BCUT2D eigenvalue weighted by atomic mass is 19.4. The van der Waals surface area contributed by atoms with Crippen molar-refractivity contribution in [2.24, 2.45) is 5.92 Å². The number of imidazole rings is 1. The van der Waals surface area contributed by atoms with Gasteiger partial charge in [0, 0.05) is 6.54 Å². The summed E-state index contributed by atoms with van der Waals surface area (Å²) in [5, 5.41) is 20.5. The van der Waals surface area contributed by atoms with Gasteiger partial charge in [0.25, 0.3) is 0 Å². The molecule has 0 saturated heterocycles. The van der Waals surface area contributed by atoms with Crippen LogP contribution < -0.4 is 5.32 Å². The second-order valence-electron chi connectivity index (χ2n) is 10.2. The average molecular weight is 568 g/mol. The van der Waals surface area contributed by atoms with Crippen molar-refractivity contribution in [3.8, 4) is 22.3 Å². The van der Waals surface area contributed by atoms with Crippen LogP contribution in [0.5, 0.6) is 0 Å². The third-order valence-corrected chi connectivity index (χ3v) is 7.20. The summed E-state index contributed by atoms with van der Waals surface area (Å²) >= 11 is 0. The minimum absolute atomic E-state index is 0.218. The smallest absolute Gasteiger partial charge is 0.478 e. The number of fused-ring (bicyclic) bond motifs is 1. The van der Waals surface area contributed by atoms with Crippen molar-refractivity contribution < 1.29 is 33.0 Å². The van der Waals surface area contributed by atoms with Gasteiger partial charge < -0.3 is 20.5 Å². The highest BCUT2D eigenvalue weighted by Gasteiger charge is 2.38. The van der Waals surface area contributed by atoms with Crippen molar-refractivity contribution in [2.45, 2.75) is 51.7 Å². The van der Waals surface area contributed by atoms with Crippen LogP contribution in [0, 0.1) is 12.8 Å². The first-order valence-electron chi connectivity index (χ1n) is 13.5. The van der Waals surface area contributed by atoms with E-state index in [0.717, 1.165) is 41.2 Å². The Labute approximate surface area is 235 Å². The number of hydrogen-bond donors (Lipinski definition) is 4. The van der Waals surface area contributed by atoms with Gasteiger partial charge in [-0.2, -0.15) is 13.2 Å². The van der Waals surface area contributed by atoms with Gasteiger partial charge in [-0.3, -0.25) is 0 Å². The third kappa shape index (κ3) is 7.73. The number of H-pyrrole nitrogens is 1. The Hall–Kier alpha value is -4.18. The summed E-state index contributed by atoms with van der Waals surface area (Å²) in [6, 6.07) is 20.6. The van der Waals surface area contributed by atoms with Gasteiger partial charge in [0.2, 0.25) is 0 Å². The predicted molar refractivity (Wildman–Crippen MR) is 151 cm³/mol. The molecule has 0 aliphatic heterocycles. The molecule has 0 unspecified atom stereocenters. The van der Waals surface area contributed by atoms with Crippen molar-refractivity contribution >= 4 is 23.0 Å². The minimum atomic E-state index is -5.08. The second kappa shape index (κ2) is 13.0. The van der Waals surface area contributed by atoms with E-state index in [0.29, 0.717) is 11.3 Å². The zero-order chi connectivity index (χ0) is 29.6. The molecule has 0 amide bonds. The van der Waals surface area contributed by atoms with Crippen LogP contribution in [0.4, 0.5) is 13.2 Å². The molecule has 10 heteroatoms. The molecule has 1 aromatic heterocycles. The highest BCUT2D eigenvalue weighted by molar-refractivity contribution is 6.03. The number of aromatic nitrogens is 2. The van der Waals surface area contributed by atoms with Crippen LogP contribution in [-0.4, -0.2) is 44.8 Å². The first kappa shape index (κ1) is 29.8. The maximum atomic E-state index is 11.8. The molecule has 3 aromatic carbocycles. The number of benzene rings is 3. The molecule has 1 aliphatic carbocycles. The molecule has 1 fully saturated rings. The van der Waals surface area contributed by atoms with Gasteiger partial charge >= 0.3 is 18.1 Å². The van der Waals surface area contributed by atoms with Gasteiger partial charge in [-0.1, -0.05) is 67.8 Å². The lowest BCUT2D eigenvalue weighted by atomic mass is 9.89. The van der Waals surface area contributed by atoms with Gasteiger partial charge in [0.1, 0.15) is 11.3 Å². The molecule has 1 saturated carbocycles. The summed E-state index contributed by atoms with van der Waals surface area (Å²) in [6.07, 6.45) is 1.75. The molecule has 1 aliphatic rings. The first-order valence-corrected chi connectivity index (χ1v) is 13.5. The maximum absolute atomic E-state index is 11.8. The van der Waals surface area contributed by atoms with E-state index in [1.54, 1.807) is 6.07 Å². The number of carboxylic acid groups (broad SMARTS) is 2. The van der Waals surface area contributed by atoms with E-state index in [4.69, 9.17) is 9.90 Å². The molecule has 1 heterocycles. The Morgan fingerprint density at radius 3 is 2.22 bits per heavy atom. The number of nitrogens with zero attached hydrogens (tertiary/aromatic N) is 1.